The number of hydrogen-bond acceptors (Lipinski definition) is 3. The van der Waals surface area contributed by atoms with Gasteiger partial charge < -0.3 is 15.4 Å². The molecular weight excluding hydrogens is 299 g/mol. The van der Waals surface area contributed by atoms with E-state index in [-0.39, 0.29) is 24.8 Å². The van der Waals surface area contributed by atoms with Gasteiger partial charge >= 0.3 is 6.03 Å². The minimum absolute atomic E-state index is 0.0678. The molecule has 120 valence electrons. The van der Waals surface area contributed by atoms with Gasteiger partial charge in [-0.1, -0.05) is 12.1 Å². The average molecular weight is 316 g/mol. The molecule has 0 aliphatic rings. The van der Waals surface area contributed by atoms with Crippen LogP contribution in [0, 0.1) is 5.82 Å². The lowest BCUT2D eigenvalue weighted by Gasteiger charge is -2.09. The predicted molar refractivity (Wildman–Crippen MR) is 85.4 cm³/mol. The second-order valence-electron chi connectivity index (χ2n) is 4.82. The number of amides is 2. The minimum atomic E-state index is -0.395. The van der Waals surface area contributed by atoms with Crippen LogP contribution in [-0.2, 0) is 0 Å². The molecule has 0 spiro atoms. The van der Waals surface area contributed by atoms with Gasteiger partial charge in [-0.05, 0) is 43.3 Å². The summed E-state index contributed by atoms with van der Waals surface area (Å²) >= 11 is 0. The van der Waals surface area contributed by atoms with Crippen molar-refractivity contribution in [3.8, 4) is 5.75 Å². The molecule has 2 N–H and O–H groups in total. The lowest BCUT2D eigenvalue weighted by molar-refractivity contribution is 0.101. The maximum atomic E-state index is 12.7. The second-order valence-corrected chi connectivity index (χ2v) is 4.82. The van der Waals surface area contributed by atoms with Gasteiger partial charge in [0.05, 0.1) is 6.54 Å². The Morgan fingerprint density at radius 2 is 1.87 bits per heavy atom. The Hall–Kier alpha value is -2.89. The summed E-state index contributed by atoms with van der Waals surface area (Å²) in [5.74, 6) is 0.132. The van der Waals surface area contributed by atoms with Crippen LogP contribution in [0.3, 0.4) is 0 Å². The first-order valence-corrected chi connectivity index (χ1v) is 7.09. The Morgan fingerprint density at radius 1 is 1.13 bits per heavy atom. The molecule has 0 aliphatic heterocycles. The van der Waals surface area contributed by atoms with E-state index in [4.69, 9.17) is 4.74 Å². The summed E-state index contributed by atoms with van der Waals surface area (Å²) in [4.78, 5) is 23.0. The fraction of sp³-hybridized carbons (Fsp3) is 0.176. The third-order valence-corrected chi connectivity index (χ3v) is 3.00. The molecule has 2 aromatic rings. The molecule has 0 heterocycles. The van der Waals surface area contributed by atoms with Crippen LogP contribution in [0.25, 0.3) is 0 Å². The molecule has 0 aliphatic carbocycles. The van der Waals surface area contributed by atoms with Gasteiger partial charge in [0, 0.05) is 11.3 Å². The Balaban J connectivity index is 1.74. The van der Waals surface area contributed by atoms with Crippen LogP contribution >= 0.6 is 0 Å². The number of carbonyl (C=O) groups excluding carboxylic acids is 2. The van der Waals surface area contributed by atoms with E-state index in [1.165, 1.54) is 31.2 Å². The van der Waals surface area contributed by atoms with Gasteiger partial charge in [-0.25, -0.2) is 9.18 Å². The lowest BCUT2D eigenvalue weighted by atomic mass is 10.1. The first-order chi connectivity index (χ1) is 11.0. The van der Waals surface area contributed by atoms with Crippen LogP contribution in [0.1, 0.15) is 17.3 Å². The zero-order chi connectivity index (χ0) is 16.7. The number of ketones is 1. The van der Waals surface area contributed by atoms with Gasteiger partial charge in [-0.2, -0.15) is 0 Å². The van der Waals surface area contributed by atoms with Crippen molar-refractivity contribution in [3.63, 3.8) is 0 Å². The highest BCUT2D eigenvalue weighted by Crippen LogP contribution is 2.11. The summed E-state index contributed by atoms with van der Waals surface area (Å²) in [6.45, 7) is 2.01. The highest BCUT2D eigenvalue weighted by Gasteiger charge is 2.04. The summed E-state index contributed by atoms with van der Waals surface area (Å²) < 4.78 is 18.1. The number of rotatable bonds is 6. The van der Waals surface area contributed by atoms with E-state index in [2.05, 4.69) is 10.6 Å². The largest absolute Gasteiger partial charge is 0.492 e. The summed E-state index contributed by atoms with van der Waals surface area (Å²) in [5, 5.41) is 5.26. The van der Waals surface area contributed by atoms with Crippen LogP contribution < -0.4 is 15.4 Å². The number of nitrogens with one attached hydrogen (secondary N) is 2. The van der Waals surface area contributed by atoms with E-state index >= 15 is 0 Å². The van der Waals surface area contributed by atoms with Crippen molar-refractivity contribution in [1.82, 2.24) is 5.32 Å². The van der Waals surface area contributed by atoms with Crippen LogP contribution in [0.15, 0.2) is 48.5 Å². The normalized spacial score (nSPS) is 10.0. The van der Waals surface area contributed by atoms with Gasteiger partial charge in [-0.3, -0.25) is 4.79 Å². The molecule has 23 heavy (non-hydrogen) atoms. The first kappa shape index (κ1) is 16.5. The molecule has 0 saturated carbocycles. The standard InChI is InChI=1S/C17H17FN2O3/c1-12(21)13-3-2-4-15(11-13)20-17(22)19-9-10-23-16-7-5-14(18)6-8-16/h2-8,11H,9-10H2,1H3,(H2,19,20,22). The smallest absolute Gasteiger partial charge is 0.319 e. The topological polar surface area (TPSA) is 67.4 Å². The van der Waals surface area contributed by atoms with Gasteiger partial charge in [0.1, 0.15) is 18.2 Å². The van der Waals surface area contributed by atoms with Crippen molar-refractivity contribution >= 4 is 17.5 Å². The fourth-order valence-corrected chi connectivity index (χ4v) is 1.86. The highest BCUT2D eigenvalue weighted by atomic mass is 19.1. The molecule has 5 nitrogen and oxygen atoms in total. The zero-order valence-electron chi connectivity index (χ0n) is 12.6. The maximum absolute atomic E-state index is 12.7. The van der Waals surface area contributed by atoms with Crippen LogP contribution in [0.2, 0.25) is 0 Å². The Labute approximate surface area is 133 Å². The molecule has 2 amide bonds. The van der Waals surface area contributed by atoms with Crippen molar-refractivity contribution in [1.29, 1.82) is 0 Å². The number of Topliss-reactive ketones (excluding diaryl/α,β-unsaturated/α-hetero) is 1. The number of ether oxygens (including phenoxy) is 1. The van der Waals surface area contributed by atoms with Gasteiger partial charge in [-0.15, -0.1) is 0 Å². The first-order valence-electron chi connectivity index (χ1n) is 7.09. The Morgan fingerprint density at radius 3 is 2.57 bits per heavy atom. The van der Waals surface area contributed by atoms with E-state index in [0.29, 0.717) is 17.0 Å². The summed E-state index contributed by atoms with van der Waals surface area (Å²) in [7, 11) is 0. The molecule has 0 bridgehead atoms. The summed E-state index contributed by atoms with van der Waals surface area (Å²) in [5.41, 5.74) is 1.07. The third-order valence-electron chi connectivity index (χ3n) is 3.00. The van der Waals surface area contributed by atoms with Crippen molar-refractivity contribution in [2.24, 2.45) is 0 Å². The molecule has 0 aromatic heterocycles. The number of benzene rings is 2. The minimum Gasteiger partial charge on any atom is -0.492 e. The van der Waals surface area contributed by atoms with E-state index in [1.807, 2.05) is 0 Å². The second kappa shape index (κ2) is 7.93. The van der Waals surface area contributed by atoms with Crippen LogP contribution in [0.4, 0.5) is 14.9 Å². The molecule has 6 heteroatoms. The zero-order valence-corrected chi connectivity index (χ0v) is 12.6. The van der Waals surface area contributed by atoms with Gasteiger partial charge in [0.2, 0.25) is 0 Å². The molecule has 0 radical (unpaired) electrons. The SMILES string of the molecule is CC(=O)c1cccc(NC(=O)NCCOc2ccc(F)cc2)c1. The molecule has 2 rings (SSSR count). The fourth-order valence-electron chi connectivity index (χ4n) is 1.86. The molecule has 2 aromatic carbocycles. The van der Waals surface area contributed by atoms with Crippen LogP contribution in [0.5, 0.6) is 5.75 Å². The summed E-state index contributed by atoms with van der Waals surface area (Å²) in [6.07, 6.45) is 0. The molecule has 0 fully saturated rings. The monoisotopic (exact) mass is 316 g/mol. The van der Waals surface area contributed by atoms with E-state index in [9.17, 15) is 14.0 Å². The van der Waals surface area contributed by atoms with E-state index in [0.717, 1.165) is 0 Å². The molecule has 0 saturated heterocycles. The van der Waals surface area contributed by atoms with Crippen molar-refractivity contribution in [3.05, 3.63) is 59.9 Å². The Kier molecular flexibility index (Phi) is 5.68. The third kappa shape index (κ3) is 5.43. The number of carbonyl (C=O) groups is 2. The number of halogens is 1. The highest BCUT2D eigenvalue weighted by molar-refractivity contribution is 5.96. The molecule has 0 atom stereocenters. The van der Waals surface area contributed by atoms with E-state index in [1.54, 1.807) is 24.3 Å². The molecular formula is C17H17FN2O3. The quantitative estimate of drug-likeness (QED) is 0.635. The maximum Gasteiger partial charge on any atom is 0.319 e. The number of hydrogen-bond donors (Lipinski definition) is 2. The van der Waals surface area contributed by atoms with Crippen molar-refractivity contribution < 1.29 is 18.7 Å². The van der Waals surface area contributed by atoms with Crippen LogP contribution in [-0.4, -0.2) is 25.0 Å². The summed E-state index contributed by atoms with van der Waals surface area (Å²) in [6, 6.07) is 11.9. The lowest BCUT2D eigenvalue weighted by Crippen LogP contribution is -2.32. The van der Waals surface area contributed by atoms with Crippen molar-refractivity contribution in [2.75, 3.05) is 18.5 Å². The molecule has 0 unspecified atom stereocenters. The number of urea groups is 1. The van der Waals surface area contributed by atoms with Gasteiger partial charge in [0.15, 0.2) is 5.78 Å². The Bertz CT molecular complexity index is 686. The van der Waals surface area contributed by atoms with Gasteiger partial charge in [0.25, 0.3) is 0 Å². The van der Waals surface area contributed by atoms with E-state index < -0.39 is 6.03 Å². The predicted octanol–water partition coefficient (Wildman–Crippen LogP) is 3.23. The number of anilines is 1. The average Bonchev–Trinajstić information content (AvgIpc) is 2.53. The van der Waals surface area contributed by atoms with Crippen molar-refractivity contribution in [2.45, 2.75) is 6.92 Å².